The lowest BCUT2D eigenvalue weighted by molar-refractivity contribution is -0.114. The van der Waals surface area contributed by atoms with Crippen LogP contribution in [0.25, 0.3) is 11.0 Å². The number of hydrogen-bond acceptors (Lipinski definition) is 5. The zero-order chi connectivity index (χ0) is 14.8. The molecule has 0 aliphatic carbocycles. The molecule has 1 N–H and O–H groups in total. The number of nitrogens with zero attached hydrogens (tertiary/aromatic N) is 2. The van der Waals surface area contributed by atoms with Crippen LogP contribution in [0.15, 0.2) is 56.9 Å². The van der Waals surface area contributed by atoms with Crippen molar-refractivity contribution >= 4 is 33.8 Å². The van der Waals surface area contributed by atoms with Crippen molar-refractivity contribution in [2.75, 3.05) is 5.32 Å². The highest BCUT2D eigenvalue weighted by Crippen LogP contribution is 2.30. The molecule has 6 nitrogen and oxygen atoms in total. The molecule has 7 heteroatoms. The largest absolute Gasteiger partial charge is 0.606 e. The SMILES string of the molecule is CC(=O)Nc1ccc([S+]([O-])c2ccccc2)c2nonc12. The van der Waals surface area contributed by atoms with Gasteiger partial charge in [-0.3, -0.25) is 4.79 Å². The highest BCUT2D eigenvalue weighted by molar-refractivity contribution is 7.91. The maximum atomic E-state index is 12.6. The van der Waals surface area contributed by atoms with E-state index in [1.54, 1.807) is 24.3 Å². The standard InChI is InChI=1S/C14H11N3O3S/c1-9(18)15-11-7-8-12(14-13(11)16-20-17-14)21(19)10-5-3-2-4-6-10/h2-8H,1H3,(H,15,18). The number of nitrogens with one attached hydrogen (secondary N) is 1. The van der Waals surface area contributed by atoms with Gasteiger partial charge < -0.3 is 9.87 Å². The molecular weight excluding hydrogens is 290 g/mol. The molecule has 0 aliphatic rings. The van der Waals surface area contributed by atoms with Gasteiger partial charge >= 0.3 is 0 Å². The third kappa shape index (κ3) is 2.61. The van der Waals surface area contributed by atoms with Crippen LogP contribution in [0.2, 0.25) is 0 Å². The lowest BCUT2D eigenvalue weighted by Crippen LogP contribution is -2.08. The summed E-state index contributed by atoms with van der Waals surface area (Å²) in [7, 11) is 0. The highest BCUT2D eigenvalue weighted by Gasteiger charge is 2.23. The molecule has 2 aromatic carbocycles. The van der Waals surface area contributed by atoms with Gasteiger partial charge in [0.15, 0.2) is 20.8 Å². The van der Waals surface area contributed by atoms with Gasteiger partial charge in [-0.1, -0.05) is 18.2 Å². The predicted molar refractivity (Wildman–Crippen MR) is 77.2 cm³/mol. The molecule has 0 saturated heterocycles. The number of anilines is 1. The van der Waals surface area contributed by atoms with E-state index in [1.807, 2.05) is 18.2 Å². The van der Waals surface area contributed by atoms with Gasteiger partial charge in [0.1, 0.15) is 0 Å². The van der Waals surface area contributed by atoms with Crippen LogP contribution in [0.4, 0.5) is 5.69 Å². The number of hydrogen-bond donors (Lipinski definition) is 1. The molecule has 3 rings (SSSR count). The molecule has 1 amide bonds. The van der Waals surface area contributed by atoms with Crippen LogP contribution in [0.1, 0.15) is 6.92 Å². The van der Waals surface area contributed by atoms with E-state index in [2.05, 4.69) is 15.6 Å². The molecule has 21 heavy (non-hydrogen) atoms. The molecule has 3 aromatic rings. The molecule has 0 aliphatic heterocycles. The van der Waals surface area contributed by atoms with E-state index in [9.17, 15) is 9.35 Å². The Morgan fingerprint density at radius 3 is 2.57 bits per heavy atom. The molecule has 0 fully saturated rings. The summed E-state index contributed by atoms with van der Waals surface area (Å²) in [6.07, 6.45) is 0. The predicted octanol–water partition coefficient (Wildman–Crippen LogP) is 2.35. The van der Waals surface area contributed by atoms with Crippen LogP contribution in [0, 0.1) is 0 Å². The molecule has 1 unspecified atom stereocenters. The van der Waals surface area contributed by atoms with Crippen LogP contribution in [0.3, 0.4) is 0 Å². The second kappa shape index (κ2) is 5.55. The average Bonchev–Trinajstić information content (AvgIpc) is 2.97. The van der Waals surface area contributed by atoms with Crippen molar-refractivity contribution in [1.82, 2.24) is 10.3 Å². The molecular formula is C14H11N3O3S. The fourth-order valence-corrected chi connectivity index (χ4v) is 3.11. The van der Waals surface area contributed by atoms with Crippen LogP contribution >= 0.6 is 0 Å². The van der Waals surface area contributed by atoms with Gasteiger partial charge in [0.25, 0.3) is 0 Å². The van der Waals surface area contributed by atoms with E-state index in [1.165, 1.54) is 6.92 Å². The Morgan fingerprint density at radius 2 is 1.86 bits per heavy atom. The highest BCUT2D eigenvalue weighted by atomic mass is 32.2. The van der Waals surface area contributed by atoms with E-state index in [4.69, 9.17) is 4.63 Å². The van der Waals surface area contributed by atoms with Gasteiger partial charge in [0.2, 0.25) is 5.91 Å². The minimum Gasteiger partial charge on any atom is -0.606 e. The van der Waals surface area contributed by atoms with Gasteiger partial charge in [-0.2, -0.15) is 0 Å². The first kappa shape index (κ1) is 13.6. The average molecular weight is 301 g/mol. The van der Waals surface area contributed by atoms with Crippen LogP contribution in [-0.4, -0.2) is 20.8 Å². The Labute approximate surface area is 123 Å². The van der Waals surface area contributed by atoms with Gasteiger partial charge in [0, 0.05) is 18.1 Å². The van der Waals surface area contributed by atoms with Crippen molar-refractivity contribution in [3.05, 3.63) is 42.5 Å². The molecule has 106 valence electrons. The van der Waals surface area contributed by atoms with Gasteiger partial charge in [-0.15, -0.1) is 0 Å². The van der Waals surface area contributed by atoms with Crippen LogP contribution in [-0.2, 0) is 16.0 Å². The third-order valence-corrected chi connectivity index (χ3v) is 4.28. The number of carbonyl (C=O) groups excluding carboxylic acids is 1. The zero-order valence-corrected chi connectivity index (χ0v) is 11.9. The minimum absolute atomic E-state index is 0.226. The molecule has 0 bridgehead atoms. The lowest BCUT2D eigenvalue weighted by atomic mass is 10.2. The second-order valence-corrected chi connectivity index (χ2v) is 5.78. The van der Waals surface area contributed by atoms with Crippen molar-refractivity contribution in [3.63, 3.8) is 0 Å². The third-order valence-electron chi connectivity index (χ3n) is 2.85. The van der Waals surface area contributed by atoms with E-state index in [0.717, 1.165) is 0 Å². The Hall–Kier alpha value is -2.38. The fourth-order valence-electron chi connectivity index (χ4n) is 1.96. The van der Waals surface area contributed by atoms with Crippen molar-refractivity contribution in [2.45, 2.75) is 16.7 Å². The number of fused-ring (bicyclic) bond motifs is 1. The molecule has 1 heterocycles. The smallest absolute Gasteiger partial charge is 0.221 e. The summed E-state index contributed by atoms with van der Waals surface area (Å²) in [5.74, 6) is -0.226. The number of rotatable bonds is 3. The minimum atomic E-state index is -1.40. The van der Waals surface area contributed by atoms with Crippen molar-refractivity contribution < 1.29 is 14.0 Å². The Kier molecular flexibility index (Phi) is 3.59. The Bertz CT molecular complexity index is 789. The number of aromatic nitrogens is 2. The summed E-state index contributed by atoms with van der Waals surface area (Å²) in [5, 5.41) is 10.2. The van der Waals surface area contributed by atoms with Gasteiger partial charge in [-0.25, -0.2) is 4.63 Å². The summed E-state index contributed by atoms with van der Waals surface area (Å²) < 4.78 is 17.3. The lowest BCUT2D eigenvalue weighted by Gasteiger charge is -2.10. The summed E-state index contributed by atoms with van der Waals surface area (Å²) >= 11 is -1.40. The van der Waals surface area contributed by atoms with Crippen LogP contribution < -0.4 is 5.32 Å². The molecule has 1 aromatic heterocycles. The van der Waals surface area contributed by atoms with Crippen LogP contribution in [0.5, 0.6) is 0 Å². The molecule has 0 radical (unpaired) electrons. The number of carbonyl (C=O) groups is 1. The Balaban J connectivity index is 2.08. The molecule has 0 saturated carbocycles. The summed E-state index contributed by atoms with van der Waals surface area (Å²) in [4.78, 5) is 12.3. The van der Waals surface area contributed by atoms with E-state index >= 15 is 0 Å². The second-order valence-electron chi connectivity index (χ2n) is 4.34. The first-order valence-electron chi connectivity index (χ1n) is 6.16. The fraction of sp³-hybridized carbons (Fsp3) is 0.0714. The number of amides is 1. The van der Waals surface area contributed by atoms with Crippen molar-refractivity contribution in [1.29, 1.82) is 0 Å². The van der Waals surface area contributed by atoms with Gasteiger partial charge in [0.05, 0.1) is 5.69 Å². The monoisotopic (exact) mass is 301 g/mol. The maximum absolute atomic E-state index is 12.6. The van der Waals surface area contributed by atoms with Crippen molar-refractivity contribution in [2.24, 2.45) is 0 Å². The molecule has 0 spiro atoms. The quantitative estimate of drug-likeness (QED) is 0.750. The number of benzene rings is 2. The maximum Gasteiger partial charge on any atom is 0.221 e. The van der Waals surface area contributed by atoms with Gasteiger partial charge in [-0.05, 0) is 34.6 Å². The normalized spacial score (nSPS) is 12.3. The zero-order valence-electron chi connectivity index (χ0n) is 11.1. The summed E-state index contributed by atoms with van der Waals surface area (Å²) in [6.45, 7) is 1.40. The summed E-state index contributed by atoms with van der Waals surface area (Å²) in [5.41, 5.74) is 1.24. The topological polar surface area (TPSA) is 91.1 Å². The molecule has 1 atom stereocenters. The van der Waals surface area contributed by atoms with Crippen molar-refractivity contribution in [3.8, 4) is 0 Å². The van der Waals surface area contributed by atoms with E-state index in [-0.39, 0.29) is 5.91 Å². The summed E-state index contributed by atoms with van der Waals surface area (Å²) in [6, 6.07) is 12.3. The first-order chi connectivity index (χ1) is 10.2. The Morgan fingerprint density at radius 1 is 1.14 bits per heavy atom. The van der Waals surface area contributed by atoms with E-state index < -0.39 is 11.2 Å². The van der Waals surface area contributed by atoms with E-state index in [0.29, 0.717) is 26.5 Å². The first-order valence-corrected chi connectivity index (χ1v) is 7.31.